The molecule has 0 radical (unpaired) electrons. The maximum Gasteiger partial charge on any atom is 0.0752 e. The Morgan fingerprint density at radius 3 is 2.57 bits per heavy atom. The number of benzene rings is 1. The van der Waals surface area contributed by atoms with Crippen molar-refractivity contribution in [2.45, 2.75) is 25.8 Å². The van der Waals surface area contributed by atoms with Crippen LogP contribution in [0.1, 0.15) is 37.1 Å². The number of rotatable bonds is 9. The summed E-state index contributed by atoms with van der Waals surface area (Å²) < 4.78 is 5.61. The molecule has 3 nitrogen and oxygen atoms in total. The smallest absolute Gasteiger partial charge is 0.0752 e. The molecule has 1 unspecified atom stereocenters. The van der Waals surface area contributed by atoms with Gasteiger partial charge in [0.05, 0.1) is 18.3 Å². The van der Waals surface area contributed by atoms with Gasteiger partial charge in [-0.25, -0.2) is 0 Å². The molecule has 2 rings (SSSR count). The second-order valence-corrected chi connectivity index (χ2v) is 5.02. The molecular formula is C18H24N2O. The second kappa shape index (κ2) is 9.27. The maximum absolute atomic E-state index is 5.61. The van der Waals surface area contributed by atoms with Gasteiger partial charge in [0.1, 0.15) is 0 Å². The molecule has 1 heterocycles. The first-order chi connectivity index (χ1) is 10.4. The van der Waals surface area contributed by atoms with Crippen LogP contribution < -0.4 is 5.32 Å². The molecule has 3 heteroatoms. The van der Waals surface area contributed by atoms with Gasteiger partial charge in [-0.3, -0.25) is 4.98 Å². The van der Waals surface area contributed by atoms with E-state index in [1.807, 2.05) is 24.4 Å². The van der Waals surface area contributed by atoms with Gasteiger partial charge in [0, 0.05) is 19.3 Å². The van der Waals surface area contributed by atoms with E-state index in [9.17, 15) is 0 Å². The summed E-state index contributed by atoms with van der Waals surface area (Å²) >= 11 is 0. The van der Waals surface area contributed by atoms with Crippen LogP contribution in [0, 0.1) is 0 Å². The predicted molar refractivity (Wildman–Crippen MR) is 86.3 cm³/mol. The molecule has 0 fully saturated rings. The van der Waals surface area contributed by atoms with Crippen LogP contribution in [0.3, 0.4) is 0 Å². The Balaban J connectivity index is 1.94. The fourth-order valence-electron chi connectivity index (χ4n) is 2.21. The minimum atomic E-state index is 0.113. The molecular weight excluding hydrogens is 260 g/mol. The summed E-state index contributed by atoms with van der Waals surface area (Å²) in [6.07, 6.45) is 4.14. The SMILES string of the molecule is CCCCOCCNC(c1ccccc1)c1ccccn1. The van der Waals surface area contributed by atoms with Crippen LogP contribution in [0.2, 0.25) is 0 Å². The Labute approximate surface area is 127 Å². The second-order valence-electron chi connectivity index (χ2n) is 5.02. The standard InChI is InChI=1S/C18H24N2O/c1-2-3-14-21-15-13-20-18(16-9-5-4-6-10-16)17-11-7-8-12-19-17/h4-12,18,20H,2-3,13-15H2,1H3. The lowest BCUT2D eigenvalue weighted by Gasteiger charge is -2.19. The molecule has 21 heavy (non-hydrogen) atoms. The summed E-state index contributed by atoms with van der Waals surface area (Å²) in [6, 6.07) is 16.6. The van der Waals surface area contributed by atoms with Crippen LogP contribution in [-0.4, -0.2) is 24.7 Å². The van der Waals surface area contributed by atoms with Gasteiger partial charge < -0.3 is 10.1 Å². The van der Waals surface area contributed by atoms with Crippen LogP contribution in [0.25, 0.3) is 0 Å². The number of unbranched alkanes of at least 4 members (excludes halogenated alkanes) is 1. The number of ether oxygens (including phenoxy) is 1. The van der Waals surface area contributed by atoms with Crippen molar-refractivity contribution in [3.63, 3.8) is 0 Å². The molecule has 0 aliphatic rings. The number of hydrogen-bond donors (Lipinski definition) is 1. The summed E-state index contributed by atoms with van der Waals surface area (Å²) in [6.45, 7) is 4.57. The van der Waals surface area contributed by atoms with Gasteiger partial charge in [-0.2, -0.15) is 0 Å². The van der Waals surface area contributed by atoms with Crippen molar-refractivity contribution < 1.29 is 4.74 Å². The third-order valence-corrected chi connectivity index (χ3v) is 3.35. The Morgan fingerprint density at radius 1 is 1.05 bits per heavy atom. The average Bonchev–Trinajstić information content (AvgIpc) is 2.56. The summed E-state index contributed by atoms with van der Waals surface area (Å²) in [5.41, 5.74) is 2.27. The van der Waals surface area contributed by atoms with Crippen molar-refractivity contribution in [2.24, 2.45) is 0 Å². The van der Waals surface area contributed by atoms with Crippen LogP contribution in [0.4, 0.5) is 0 Å². The molecule has 0 spiro atoms. The molecule has 1 N–H and O–H groups in total. The number of pyridine rings is 1. The van der Waals surface area contributed by atoms with E-state index in [0.717, 1.165) is 31.9 Å². The fraction of sp³-hybridized carbons (Fsp3) is 0.389. The Hall–Kier alpha value is -1.71. The van der Waals surface area contributed by atoms with E-state index in [-0.39, 0.29) is 6.04 Å². The fourth-order valence-corrected chi connectivity index (χ4v) is 2.21. The van der Waals surface area contributed by atoms with E-state index in [0.29, 0.717) is 0 Å². The van der Waals surface area contributed by atoms with Crippen molar-refractivity contribution in [1.82, 2.24) is 10.3 Å². The van der Waals surface area contributed by atoms with E-state index in [2.05, 4.69) is 47.6 Å². The first-order valence-corrected chi connectivity index (χ1v) is 7.69. The van der Waals surface area contributed by atoms with Crippen molar-refractivity contribution >= 4 is 0 Å². The van der Waals surface area contributed by atoms with Gasteiger partial charge in [0.25, 0.3) is 0 Å². The lowest BCUT2D eigenvalue weighted by atomic mass is 10.0. The van der Waals surface area contributed by atoms with E-state index < -0.39 is 0 Å². The van der Waals surface area contributed by atoms with Crippen molar-refractivity contribution in [3.8, 4) is 0 Å². The zero-order chi connectivity index (χ0) is 14.8. The minimum Gasteiger partial charge on any atom is -0.380 e. The molecule has 0 amide bonds. The van der Waals surface area contributed by atoms with Gasteiger partial charge in [-0.15, -0.1) is 0 Å². The number of nitrogens with zero attached hydrogens (tertiary/aromatic N) is 1. The molecule has 0 aliphatic carbocycles. The summed E-state index contributed by atoms with van der Waals surface area (Å²) in [4.78, 5) is 4.48. The molecule has 1 aromatic heterocycles. The van der Waals surface area contributed by atoms with Gasteiger partial charge in [0.2, 0.25) is 0 Å². The quantitative estimate of drug-likeness (QED) is 0.715. The molecule has 0 bridgehead atoms. The number of hydrogen-bond acceptors (Lipinski definition) is 3. The molecule has 0 saturated heterocycles. The van der Waals surface area contributed by atoms with Crippen LogP contribution in [0.5, 0.6) is 0 Å². The van der Waals surface area contributed by atoms with E-state index in [4.69, 9.17) is 4.74 Å². The van der Waals surface area contributed by atoms with Gasteiger partial charge in [-0.05, 0) is 24.1 Å². The zero-order valence-electron chi connectivity index (χ0n) is 12.7. The van der Waals surface area contributed by atoms with Gasteiger partial charge in [0.15, 0.2) is 0 Å². The van der Waals surface area contributed by atoms with E-state index in [1.165, 1.54) is 12.0 Å². The largest absolute Gasteiger partial charge is 0.380 e. The number of aromatic nitrogens is 1. The third-order valence-electron chi connectivity index (χ3n) is 3.35. The highest BCUT2D eigenvalue weighted by atomic mass is 16.5. The van der Waals surface area contributed by atoms with E-state index >= 15 is 0 Å². The highest BCUT2D eigenvalue weighted by Gasteiger charge is 2.13. The first-order valence-electron chi connectivity index (χ1n) is 7.69. The highest BCUT2D eigenvalue weighted by Crippen LogP contribution is 2.19. The lowest BCUT2D eigenvalue weighted by Crippen LogP contribution is -2.27. The molecule has 1 atom stereocenters. The molecule has 0 saturated carbocycles. The van der Waals surface area contributed by atoms with Gasteiger partial charge >= 0.3 is 0 Å². The summed E-state index contributed by atoms with van der Waals surface area (Å²) in [7, 11) is 0. The van der Waals surface area contributed by atoms with E-state index in [1.54, 1.807) is 0 Å². The minimum absolute atomic E-state index is 0.113. The monoisotopic (exact) mass is 284 g/mol. The Bertz CT molecular complexity index is 448. The topological polar surface area (TPSA) is 34.1 Å². The zero-order valence-corrected chi connectivity index (χ0v) is 12.7. The van der Waals surface area contributed by atoms with Crippen molar-refractivity contribution in [3.05, 3.63) is 66.0 Å². The van der Waals surface area contributed by atoms with Crippen LogP contribution >= 0.6 is 0 Å². The average molecular weight is 284 g/mol. The lowest BCUT2D eigenvalue weighted by molar-refractivity contribution is 0.131. The molecule has 0 aliphatic heterocycles. The highest BCUT2D eigenvalue weighted by molar-refractivity contribution is 5.27. The molecule has 2 aromatic rings. The van der Waals surface area contributed by atoms with Crippen LogP contribution in [0.15, 0.2) is 54.7 Å². The van der Waals surface area contributed by atoms with Gasteiger partial charge in [-0.1, -0.05) is 49.7 Å². The van der Waals surface area contributed by atoms with Crippen molar-refractivity contribution in [2.75, 3.05) is 19.8 Å². The Morgan fingerprint density at radius 2 is 1.86 bits per heavy atom. The Kier molecular flexibility index (Phi) is 6.92. The summed E-state index contributed by atoms with van der Waals surface area (Å²) in [5.74, 6) is 0. The third kappa shape index (κ3) is 5.29. The predicted octanol–water partition coefficient (Wildman–Crippen LogP) is 3.58. The molecule has 112 valence electrons. The summed E-state index contributed by atoms with van der Waals surface area (Å²) in [5, 5.41) is 3.54. The van der Waals surface area contributed by atoms with Crippen LogP contribution in [-0.2, 0) is 4.74 Å². The normalized spacial score (nSPS) is 12.2. The number of nitrogens with one attached hydrogen (secondary N) is 1. The maximum atomic E-state index is 5.61. The van der Waals surface area contributed by atoms with Crippen molar-refractivity contribution in [1.29, 1.82) is 0 Å². The first kappa shape index (κ1) is 15.7. The molecule has 1 aromatic carbocycles.